The molecule has 1 aromatic heterocycles. The van der Waals surface area contributed by atoms with E-state index < -0.39 is 9.05 Å². The maximum atomic E-state index is 10.9. The Kier molecular flexibility index (Phi) is 2.29. The normalized spacial score (nSPS) is 11.6. The number of halogens is 1. The minimum atomic E-state index is -3.79. The lowest BCUT2D eigenvalue weighted by molar-refractivity contribution is 0.399. The molecule has 5 nitrogen and oxygen atoms in total. The molecule has 0 aliphatic carbocycles. The highest BCUT2D eigenvalue weighted by Gasteiger charge is 2.21. The Morgan fingerprint density at radius 1 is 1.67 bits per heavy atom. The Bertz CT molecular complexity index is 383. The van der Waals surface area contributed by atoms with Gasteiger partial charge in [0.25, 0.3) is 9.05 Å². The van der Waals surface area contributed by atoms with Crippen molar-refractivity contribution in [3.8, 4) is 5.75 Å². The minimum Gasteiger partial charge on any atom is -0.492 e. The molecule has 0 N–H and O–H groups in total. The number of methoxy groups -OCH3 is 1. The van der Waals surface area contributed by atoms with E-state index in [4.69, 9.17) is 15.4 Å². The first-order chi connectivity index (χ1) is 5.46. The average Bonchev–Trinajstić information content (AvgIpc) is 2.29. The van der Waals surface area contributed by atoms with Gasteiger partial charge in [0, 0.05) is 17.7 Å². The van der Waals surface area contributed by atoms with Crippen molar-refractivity contribution >= 4 is 19.7 Å². The summed E-state index contributed by atoms with van der Waals surface area (Å²) in [6, 6.07) is 0. The van der Waals surface area contributed by atoms with Crippen molar-refractivity contribution in [3.63, 3.8) is 0 Å². The van der Waals surface area contributed by atoms with E-state index in [1.54, 1.807) is 0 Å². The molecule has 12 heavy (non-hydrogen) atoms. The Balaban J connectivity index is 3.39. The topological polar surface area (TPSA) is 61.2 Å². The van der Waals surface area contributed by atoms with Gasteiger partial charge in [-0.1, -0.05) is 0 Å². The van der Waals surface area contributed by atoms with E-state index in [-0.39, 0.29) is 10.8 Å². The minimum absolute atomic E-state index is 0.133. The van der Waals surface area contributed by atoms with Gasteiger partial charge in [-0.05, 0) is 0 Å². The molecular weight excluding hydrogens is 204 g/mol. The third-order valence-electron chi connectivity index (χ3n) is 1.30. The van der Waals surface area contributed by atoms with Crippen LogP contribution in [0.25, 0.3) is 0 Å². The summed E-state index contributed by atoms with van der Waals surface area (Å²) < 4.78 is 27.7. The molecule has 1 heterocycles. The van der Waals surface area contributed by atoms with Crippen LogP contribution in [0.4, 0.5) is 0 Å². The second-order valence-electron chi connectivity index (χ2n) is 2.08. The van der Waals surface area contributed by atoms with Gasteiger partial charge in [-0.15, -0.1) is 0 Å². The fourth-order valence-electron chi connectivity index (χ4n) is 0.824. The van der Waals surface area contributed by atoms with E-state index >= 15 is 0 Å². The zero-order valence-electron chi connectivity index (χ0n) is 6.48. The van der Waals surface area contributed by atoms with E-state index in [9.17, 15) is 8.42 Å². The first-order valence-corrected chi connectivity index (χ1v) is 5.28. The van der Waals surface area contributed by atoms with Crippen LogP contribution in [-0.2, 0) is 16.1 Å². The molecule has 0 unspecified atom stereocenters. The molecule has 0 spiro atoms. The summed E-state index contributed by atoms with van der Waals surface area (Å²) in [4.78, 5) is 0. The summed E-state index contributed by atoms with van der Waals surface area (Å²) in [7, 11) is 4.16. The predicted octanol–water partition coefficient (Wildman–Crippen LogP) is 0.356. The average molecular weight is 211 g/mol. The van der Waals surface area contributed by atoms with Crippen LogP contribution in [0.5, 0.6) is 5.75 Å². The zero-order valence-corrected chi connectivity index (χ0v) is 8.06. The Labute approximate surface area is 74.3 Å². The third kappa shape index (κ3) is 1.54. The highest BCUT2D eigenvalue weighted by molar-refractivity contribution is 8.13. The van der Waals surface area contributed by atoms with Crippen molar-refractivity contribution in [1.82, 2.24) is 9.78 Å². The summed E-state index contributed by atoms with van der Waals surface area (Å²) in [5.74, 6) is 0.146. The maximum absolute atomic E-state index is 10.9. The summed E-state index contributed by atoms with van der Waals surface area (Å²) in [5, 5.41) is 3.55. The van der Waals surface area contributed by atoms with Crippen LogP contribution >= 0.6 is 10.7 Å². The van der Waals surface area contributed by atoms with Crippen molar-refractivity contribution in [2.75, 3.05) is 7.11 Å². The van der Waals surface area contributed by atoms with Gasteiger partial charge in [0.15, 0.2) is 5.75 Å². The van der Waals surface area contributed by atoms with Gasteiger partial charge in [-0.25, -0.2) is 8.42 Å². The molecule has 1 rings (SSSR count). The molecule has 0 aromatic carbocycles. The van der Waals surface area contributed by atoms with E-state index in [0.29, 0.717) is 0 Å². The summed E-state index contributed by atoms with van der Waals surface area (Å²) >= 11 is 0. The molecule has 0 fully saturated rings. The van der Waals surface area contributed by atoms with Gasteiger partial charge < -0.3 is 4.74 Å². The van der Waals surface area contributed by atoms with Gasteiger partial charge in [-0.3, -0.25) is 4.68 Å². The number of aromatic nitrogens is 2. The van der Waals surface area contributed by atoms with Gasteiger partial charge >= 0.3 is 0 Å². The number of hydrogen-bond acceptors (Lipinski definition) is 4. The van der Waals surface area contributed by atoms with Gasteiger partial charge in [0.1, 0.15) is 0 Å². The first-order valence-electron chi connectivity index (χ1n) is 2.97. The number of nitrogens with zero attached hydrogens (tertiary/aromatic N) is 2. The second kappa shape index (κ2) is 2.95. The highest BCUT2D eigenvalue weighted by Crippen LogP contribution is 2.24. The van der Waals surface area contributed by atoms with E-state index in [1.165, 1.54) is 20.4 Å². The molecule has 0 aliphatic rings. The van der Waals surface area contributed by atoms with Crippen LogP contribution in [0.1, 0.15) is 0 Å². The summed E-state index contributed by atoms with van der Waals surface area (Å²) in [5.41, 5.74) is 0. The van der Waals surface area contributed by atoms with Crippen molar-refractivity contribution in [2.24, 2.45) is 7.05 Å². The Hall–Kier alpha value is -0.750. The van der Waals surface area contributed by atoms with Crippen LogP contribution in [0.3, 0.4) is 0 Å². The van der Waals surface area contributed by atoms with Gasteiger partial charge in [-0.2, -0.15) is 5.10 Å². The molecule has 1 aromatic rings. The predicted molar refractivity (Wildman–Crippen MR) is 42.8 cm³/mol. The van der Waals surface area contributed by atoms with Crippen molar-refractivity contribution in [1.29, 1.82) is 0 Å². The van der Waals surface area contributed by atoms with E-state index in [2.05, 4.69) is 5.10 Å². The lowest BCUT2D eigenvalue weighted by Gasteiger charge is -1.99. The molecule has 7 heteroatoms. The van der Waals surface area contributed by atoms with E-state index in [0.717, 1.165) is 4.68 Å². The van der Waals surface area contributed by atoms with Crippen molar-refractivity contribution < 1.29 is 13.2 Å². The van der Waals surface area contributed by atoms with Crippen molar-refractivity contribution in [3.05, 3.63) is 6.20 Å². The van der Waals surface area contributed by atoms with Crippen LogP contribution < -0.4 is 4.74 Å². The molecule has 0 atom stereocenters. The number of ether oxygens (including phenoxy) is 1. The number of aryl methyl sites for hydroxylation is 1. The lowest BCUT2D eigenvalue weighted by atomic mass is 10.6. The molecule has 68 valence electrons. The standard InChI is InChI=1S/C5H7ClN2O3S/c1-8-5(12(6,9)10)4(11-2)3-7-8/h3H,1-2H3. The Morgan fingerprint density at radius 2 is 2.25 bits per heavy atom. The number of hydrogen-bond donors (Lipinski definition) is 0. The molecule has 0 bridgehead atoms. The fourth-order valence-corrected chi connectivity index (χ4v) is 2.09. The largest absolute Gasteiger partial charge is 0.492 e. The van der Waals surface area contributed by atoms with Crippen LogP contribution in [-0.4, -0.2) is 25.3 Å². The van der Waals surface area contributed by atoms with E-state index in [1.807, 2.05) is 0 Å². The molecule has 0 amide bonds. The molecule has 0 radical (unpaired) electrons. The fraction of sp³-hybridized carbons (Fsp3) is 0.400. The van der Waals surface area contributed by atoms with Crippen LogP contribution in [0.2, 0.25) is 0 Å². The summed E-state index contributed by atoms with van der Waals surface area (Å²) in [6.07, 6.45) is 1.29. The SMILES string of the molecule is COc1cnn(C)c1S(=O)(=O)Cl. The monoisotopic (exact) mass is 210 g/mol. The number of rotatable bonds is 2. The molecule has 0 aliphatic heterocycles. The quantitative estimate of drug-likeness (QED) is 0.662. The smallest absolute Gasteiger partial charge is 0.282 e. The van der Waals surface area contributed by atoms with Crippen LogP contribution in [0, 0.1) is 0 Å². The zero-order chi connectivity index (χ0) is 9.35. The van der Waals surface area contributed by atoms with Crippen LogP contribution in [0.15, 0.2) is 11.2 Å². The summed E-state index contributed by atoms with van der Waals surface area (Å²) in [6.45, 7) is 0. The first kappa shape index (κ1) is 9.34. The Morgan fingerprint density at radius 3 is 2.58 bits per heavy atom. The molecular formula is C5H7ClN2O3S. The molecule has 0 saturated heterocycles. The lowest BCUT2D eigenvalue weighted by Crippen LogP contribution is -2.02. The maximum Gasteiger partial charge on any atom is 0.282 e. The second-order valence-corrected chi connectivity index (χ2v) is 4.56. The van der Waals surface area contributed by atoms with Gasteiger partial charge in [0.2, 0.25) is 5.03 Å². The molecule has 0 saturated carbocycles. The van der Waals surface area contributed by atoms with Gasteiger partial charge in [0.05, 0.1) is 13.3 Å². The third-order valence-corrected chi connectivity index (χ3v) is 2.67. The highest BCUT2D eigenvalue weighted by atomic mass is 35.7. The van der Waals surface area contributed by atoms with Crippen molar-refractivity contribution in [2.45, 2.75) is 5.03 Å².